The van der Waals surface area contributed by atoms with E-state index >= 15 is 0 Å². The average molecular weight is 434 g/mol. The molecule has 2 aromatic rings. The molecule has 0 fully saturated rings. The second-order valence-corrected chi connectivity index (χ2v) is 9.91. The van der Waals surface area contributed by atoms with Crippen LogP contribution < -0.4 is 0 Å². The van der Waals surface area contributed by atoms with Crippen molar-refractivity contribution in [3.8, 4) is 0 Å². The number of benzene rings is 2. The van der Waals surface area contributed by atoms with E-state index in [0.29, 0.717) is 18.6 Å². The molecule has 0 radical (unpaired) electrons. The molecule has 1 aliphatic rings. The van der Waals surface area contributed by atoms with Gasteiger partial charge in [0, 0.05) is 35.0 Å². The number of allylic oxidation sites excluding steroid dienone is 4. The minimum Gasteiger partial charge on any atom is -0.512 e. The number of nitrogens with zero attached hydrogens (tertiary/aromatic N) is 1. The molecule has 0 saturated carbocycles. The molecule has 0 bridgehead atoms. The van der Waals surface area contributed by atoms with Crippen molar-refractivity contribution in [3.05, 3.63) is 87.7 Å². The zero-order valence-electron chi connectivity index (χ0n) is 20.0. The molecule has 3 N–H and O–H groups in total. The van der Waals surface area contributed by atoms with Crippen LogP contribution in [-0.2, 0) is 10.8 Å². The highest BCUT2D eigenvalue weighted by atomic mass is 16.4. The van der Waals surface area contributed by atoms with Gasteiger partial charge in [0.15, 0.2) is 0 Å². The van der Waals surface area contributed by atoms with E-state index in [4.69, 9.17) is 5.11 Å². The van der Waals surface area contributed by atoms with Crippen LogP contribution in [0, 0.1) is 6.92 Å². The maximum absolute atomic E-state index is 10.2. The van der Waals surface area contributed by atoms with Gasteiger partial charge >= 0.3 is 0 Å². The molecule has 0 atom stereocenters. The minimum atomic E-state index is -0.105. The van der Waals surface area contributed by atoms with Gasteiger partial charge in [-0.05, 0) is 54.2 Å². The maximum atomic E-state index is 10.2. The quantitative estimate of drug-likeness (QED) is 0.162. The van der Waals surface area contributed by atoms with Gasteiger partial charge in [0.05, 0.1) is 5.76 Å². The monoisotopic (exact) mass is 433 g/mol. The normalized spacial score (nSPS) is 17.7. The Morgan fingerprint density at radius 3 is 1.97 bits per heavy atom. The van der Waals surface area contributed by atoms with Gasteiger partial charge in [-0.1, -0.05) is 75.3 Å². The fraction of sp³-hybridized carbons (Fsp3) is 0.393. The van der Waals surface area contributed by atoms with Crippen LogP contribution in [0.1, 0.15) is 80.8 Å². The lowest BCUT2D eigenvalue weighted by Gasteiger charge is -2.37. The van der Waals surface area contributed by atoms with Crippen LogP contribution in [0.5, 0.6) is 0 Å². The Hall–Kier alpha value is -2.85. The van der Waals surface area contributed by atoms with Crippen molar-refractivity contribution in [1.82, 2.24) is 0 Å². The van der Waals surface area contributed by atoms with Crippen molar-refractivity contribution in [1.29, 1.82) is 0 Å². The van der Waals surface area contributed by atoms with Crippen molar-refractivity contribution < 1.29 is 15.4 Å². The van der Waals surface area contributed by atoms with Crippen molar-refractivity contribution in [2.75, 3.05) is 6.61 Å². The molecule has 0 unspecified atom stereocenters. The third kappa shape index (κ3) is 4.51. The first-order valence-electron chi connectivity index (χ1n) is 11.2. The van der Waals surface area contributed by atoms with Gasteiger partial charge in [-0.25, -0.2) is 0 Å². The molecule has 32 heavy (non-hydrogen) atoms. The standard InChI is InChI=1S/C28H35NO3/c1-18-16-23-24(28(5,6)14-13-27(23,3)4)17-22(18)26(29-32)21-11-9-20(10-12-21)19(2)25(31)8-7-15-30/h9-14,16-17,30-32H,7-8,15H2,1-6H3/b25-19-,29-26+. The molecular formula is C28H35NO3. The molecule has 4 nitrogen and oxygen atoms in total. The van der Waals surface area contributed by atoms with E-state index in [0.717, 1.165) is 27.8 Å². The van der Waals surface area contributed by atoms with Gasteiger partial charge < -0.3 is 15.4 Å². The van der Waals surface area contributed by atoms with Gasteiger partial charge in [0.1, 0.15) is 5.71 Å². The number of aryl methyl sites for hydroxylation is 1. The van der Waals surface area contributed by atoms with Gasteiger partial charge in [0.25, 0.3) is 0 Å². The Morgan fingerprint density at radius 1 is 0.906 bits per heavy atom. The number of rotatable bonds is 6. The summed E-state index contributed by atoms with van der Waals surface area (Å²) < 4.78 is 0. The molecule has 0 saturated heterocycles. The van der Waals surface area contributed by atoms with Crippen LogP contribution in [0.25, 0.3) is 5.57 Å². The largest absolute Gasteiger partial charge is 0.512 e. The van der Waals surface area contributed by atoms with Gasteiger partial charge in [-0.3, -0.25) is 0 Å². The molecule has 4 heteroatoms. The second-order valence-electron chi connectivity index (χ2n) is 9.91. The molecule has 2 aromatic carbocycles. The summed E-state index contributed by atoms with van der Waals surface area (Å²) in [4.78, 5) is 0. The summed E-state index contributed by atoms with van der Waals surface area (Å²) in [6.07, 6.45) is 5.52. The lowest BCUT2D eigenvalue weighted by molar-refractivity contribution is 0.276. The van der Waals surface area contributed by atoms with Gasteiger partial charge in [-0.15, -0.1) is 0 Å². The van der Waals surface area contributed by atoms with E-state index in [-0.39, 0.29) is 23.2 Å². The Bertz CT molecular complexity index is 1090. The first-order chi connectivity index (χ1) is 15.0. The summed E-state index contributed by atoms with van der Waals surface area (Å²) in [7, 11) is 0. The first kappa shape index (κ1) is 23.8. The van der Waals surface area contributed by atoms with Crippen LogP contribution in [0.15, 0.2) is 59.5 Å². The fourth-order valence-corrected chi connectivity index (χ4v) is 4.37. The average Bonchev–Trinajstić information content (AvgIpc) is 2.76. The minimum absolute atomic E-state index is 0.0474. The summed E-state index contributed by atoms with van der Waals surface area (Å²) >= 11 is 0. The summed E-state index contributed by atoms with van der Waals surface area (Å²) in [5, 5.41) is 32.9. The highest BCUT2D eigenvalue weighted by Crippen LogP contribution is 2.42. The summed E-state index contributed by atoms with van der Waals surface area (Å²) in [5.74, 6) is 0.284. The summed E-state index contributed by atoms with van der Waals surface area (Å²) in [5.41, 5.74) is 7.41. The molecular weight excluding hydrogens is 398 g/mol. The molecule has 0 heterocycles. The van der Waals surface area contributed by atoms with E-state index in [1.807, 2.05) is 31.2 Å². The first-order valence-corrected chi connectivity index (χ1v) is 11.2. The lowest BCUT2D eigenvalue weighted by Crippen LogP contribution is -2.29. The van der Waals surface area contributed by atoms with Crippen LogP contribution in [-0.4, -0.2) is 27.7 Å². The molecule has 170 valence electrons. The summed E-state index contributed by atoms with van der Waals surface area (Å²) in [6.45, 7) is 12.8. The molecule has 0 aromatic heterocycles. The number of hydrogen-bond donors (Lipinski definition) is 3. The number of oxime groups is 1. The van der Waals surface area contributed by atoms with Crippen LogP contribution in [0.3, 0.4) is 0 Å². The SMILES string of the molecule is C/C(=C(/O)CCCO)c1ccc(/C(=N\O)c2cc3c(cc2C)C(C)(C)C=CC3(C)C)cc1. The van der Waals surface area contributed by atoms with Crippen molar-refractivity contribution >= 4 is 11.3 Å². The highest BCUT2D eigenvalue weighted by Gasteiger charge is 2.33. The fourth-order valence-electron chi connectivity index (χ4n) is 4.37. The van der Waals surface area contributed by atoms with E-state index in [9.17, 15) is 10.3 Å². The van der Waals surface area contributed by atoms with E-state index in [2.05, 4.69) is 64.1 Å². The third-order valence-electron chi connectivity index (χ3n) is 6.62. The predicted octanol–water partition coefficient (Wildman–Crippen LogP) is 6.41. The third-order valence-corrected chi connectivity index (χ3v) is 6.62. The molecule has 0 spiro atoms. The number of aliphatic hydroxyl groups is 2. The van der Waals surface area contributed by atoms with Crippen molar-refractivity contribution in [2.45, 2.75) is 65.2 Å². The van der Waals surface area contributed by atoms with E-state index in [1.165, 1.54) is 11.1 Å². The lowest BCUT2D eigenvalue weighted by atomic mass is 9.67. The zero-order valence-corrected chi connectivity index (χ0v) is 20.0. The van der Waals surface area contributed by atoms with Gasteiger partial charge in [0.2, 0.25) is 0 Å². The van der Waals surface area contributed by atoms with Gasteiger partial charge in [-0.2, -0.15) is 0 Å². The number of aliphatic hydroxyl groups excluding tert-OH is 2. The Labute approximate surface area is 191 Å². The number of fused-ring (bicyclic) bond motifs is 1. The Morgan fingerprint density at radius 2 is 1.44 bits per heavy atom. The zero-order chi connectivity index (χ0) is 23.7. The van der Waals surface area contributed by atoms with Crippen LogP contribution in [0.4, 0.5) is 0 Å². The van der Waals surface area contributed by atoms with Crippen molar-refractivity contribution in [2.24, 2.45) is 5.16 Å². The molecule has 1 aliphatic carbocycles. The number of hydrogen-bond acceptors (Lipinski definition) is 4. The molecule has 0 amide bonds. The maximum Gasteiger partial charge on any atom is 0.117 e. The topological polar surface area (TPSA) is 73.0 Å². The second kappa shape index (κ2) is 8.95. The van der Waals surface area contributed by atoms with Crippen LogP contribution in [0.2, 0.25) is 0 Å². The van der Waals surface area contributed by atoms with Crippen LogP contribution >= 0.6 is 0 Å². The highest BCUT2D eigenvalue weighted by molar-refractivity contribution is 6.13. The predicted molar refractivity (Wildman–Crippen MR) is 132 cm³/mol. The smallest absolute Gasteiger partial charge is 0.117 e. The molecule has 3 rings (SSSR count). The summed E-state index contributed by atoms with van der Waals surface area (Å²) in [6, 6.07) is 12.1. The Kier molecular flexibility index (Phi) is 6.66. The Balaban J connectivity index is 2.02. The van der Waals surface area contributed by atoms with Crippen molar-refractivity contribution in [3.63, 3.8) is 0 Å². The molecule has 0 aliphatic heterocycles. The van der Waals surface area contributed by atoms with E-state index < -0.39 is 0 Å². The van der Waals surface area contributed by atoms with E-state index in [1.54, 1.807) is 0 Å².